The number of carbonyl (C=O) groups is 1. The van der Waals surface area contributed by atoms with Crippen LogP contribution >= 0.6 is 0 Å². The predicted octanol–water partition coefficient (Wildman–Crippen LogP) is 5.65. The maximum Gasteiger partial charge on any atom is 0.460 e. The molecule has 192 valence electrons. The van der Waals surface area contributed by atoms with E-state index in [1.165, 1.54) is 4.74 Å². The monoisotopic (exact) mass is 530 g/mol. The Labute approximate surface area is 159 Å². The molecule has 1 unspecified atom stereocenters. The van der Waals surface area contributed by atoms with E-state index < -0.39 is 59.9 Å². The predicted molar refractivity (Wildman–Crippen MR) is 54.4 cm³/mol. The van der Waals surface area contributed by atoms with E-state index in [1.807, 2.05) is 0 Å². The average molecular weight is 530 g/mol. The smallest absolute Gasteiger partial charge is 0.460 e. The number of carboxylic acid groups (broad SMARTS) is 1. The Bertz CT molecular complexity index is 718. The summed E-state index contributed by atoms with van der Waals surface area (Å²) >= 11 is 0. The number of hydrogen-bond acceptors (Lipinski definition) is 2. The van der Waals surface area contributed by atoms with E-state index in [-0.39, 0.29) is 0 Å². The molecule has 0 saturated heterocycles. The van der Waals surface area contributed by atoms with Gasteiger partial charge in [-0.3, -0.25) is 4.74 Å². The van der Waals surface area contributed by atoms with Gasteiger partial charge in [0, 0.05) is 0 Å². The van der Waals surface area contributed by atoms with Crippen LogP contribution in [0.15, 0.2) is 0 Å². The Morgan fingerprint density at radius 2 is 0.750 bits per heavy atom. The van der Waals surface area contributed by atoms with E-state index in [4.69, 9.17) is 5.11 Å². The summed E-state index contributed by atoms with van der Waals surface area (Å²) in [5.74, 6) is -55.0. The van der Waals surface area contributed by atoms with E-state index in [9.17, 15) is 88.2 Å². The van der Waals surface area contributed by atoms with E-state index >= 15 is 0 Å². The maximum absolute atomic E-state index is 13.2. The van der Waals surface area contributed by atoms with Crippen molar-refractivity contribution in [3.05, 3.63) is 0 Å². The Kier molecular flexibility index (Phi) is 6.87. The van der Waals surface area contributed by atoms with Crippen molar-refractivity contribution in [3.8, 4) is 0 Å². The minimum atomic E-state index is -8.88. The molecule has 22 heteroatoms. The number of hydrogen-bond donors (Lipinski definition) is 1. The molecule has 0 fully saturated rings. The third-order valence-corrected chi connectivity index (χ3v) is 3.21. The molecular formula is C10HF19O3. The molecule has 0 aliphatic carbocycles. The zero-order valence-corrected chi connectivity index (χ0v) is 13.4. The fourth-order valence-corrected chi connectivity index (χ4v) is 1.42. The van der Waals surface area contributed by atoms with Gasteiger partial charge >= 0.3 is 59.9 Å². The van der Waals surface area contributed by atoms with E-state index in [2.05, 4.69) is 0 Å². The van der Waals surface area contributed by atoms with Gasteiger partial charge in [0.1, 0.15) is 0 Å². The first-order chi connectivity index (χ1) is 13.4. The topological polar surface area (TPSA) is 46.5 Å². The second-order valence-electron chi connectivity index (χ2n) is 5.39. The zero-order valence-electron chi connectivity index (χ0n) is 13.4. The highest BCUT2D eigenvalue weighted by Crippen LogP contribution is 2.63. The summed E-state index contributed by atoms with van der Waals surface area (Å²) in [6, 6.07) is 0. The van der Waals surface area contributed by atoms with Crippen LogP contribution in [-0.4, -0.2) is 65.0 Å². The van der Waals surface area contributed by atoms with Crippen molar-refractivity contribution in [2.24, 2.45) is 0 Å². The number of halogens is 19. The van der Waals surface area contributed by atoms with E-state index in [0.29, 0.717) is 0 Å². The Morgan fingerprint density at radius 3 is 1.00 bits per heavy atom. The van der Waals surface area contributed by atoms with Crippen molar-refractivity contribution >= 4 is 5.97 Å². The van der Waals surface area contributed by atoms with Crippen molar-refractivity contribution in [1.82, 2.24) is 0 Å². The maximum atomic E-state index is 13.2. The molecule has 0 aliphatic heterocycles. The van der Waals surface area contributed by atoms with E-state index in [0.717, 1.165) is 0 Å². The molecule has 0 aromatic carbocycles. The number of ether oxygens (including phenoxy) is 1. The lowest BCUT2D eigenvalue weighted by Crippen LogP contribution is -2.73. The quantitative estimate of drug-likeness (QED) is 0.413. The molecule has 0 spiro atoms. The van der Waals surface area contributed by atoms with Crippen LogP contribution in [0, 0.1) is 0 Å². The number of carboxylic acids is 1. The molecule has 0 aromatic heterocycles. The Morgan fingerprint density at radius 1 is 0.469 bits per heavy atom. The van der Waals surface area contributed by atoms with Crippen LogP contribution in [-0.2, 0) is 9.53 Å². The van der Waals surface area contributed by atoms with Crippen LogP contribution in [0.3, 0.4) is 0 Å². The number of alkyl halides is 19. The molecule has 0 bridgehead atoms. The highest BCUT2D eigenvalue weighted by molar-refractivity contribution is 5.76. The average Bonchev–Trinajstić information content (AvgIpc) is 2.50. The summed E-state index contributed by atoms with van der Waals surface area (Å²) in [7, 11) is 0. The number of aliphatic carboxylic acids is 1. The van der Waals surface area contributed by atoms with Gasteiger partial charge in [0.15, 0.2) is 0 Å². The van der Waals surface area contributed by atoms with Gasteiger partial charge in [-0.25, -0.2) is 4.79 Å². The first-order valence-corrected chi connectivity index (χ1v) is 6.43. The Balaban J connectivity index is 6.76. The van der Waals surface area contributed by atoms with Crippen molar-refractivity contribution in [3.63, 3.8) is 0 Å². The summed E-state index contributed by atoms with van der Waals surface area (Å²) in [5.41, 5.74) is 0. The lowest BCUT2D eigenvalue weighted by Gasteiger charge is -2.41. The molecule has 0 rings (SSSR count). The van der Waals surface area contributed by atoms with Gasteiger partial charge < -0.3 is 5.11 Å². The molecule has 0 aromatic rings. The molecule has 32 heavy (non-hydrogen) atoms. The van der Waals surface area contributed by atoms with E-state index in [1.54, 1.807) is 0 Å². The van der Waals surface area contributed by atoms with Gasteiger partial charge in [-0.15, -0.1) is 0 Å². The van der Waals surface area contributed by atoms with Gasteiger partial charge in [-0.2, -0.15) is 83.4 Å². The van der Waals surface area contributed by atoms with Crippen LogP contribution in [0.5, 0.6) is 0 Å². The van der Waals surface area contributed by atoms with Crippen LogP contribution in [0.25, 0.3) is 0 Å². The van der Waals surface area contributed by atoms with Gasteiger partial charge in [0.25, 0.3) is 0 Å². The molecule has 0 aliphatic rings. The van der Waals surface area contributed by atoms with Gasteiger partial charge in [-0.1, -0.05) is 0 Å². The van der Waals surface area contributed by atoms with Crippen LogP contribution < -0.4 is 0 Å². The first-order valence-electron chi connectivity index (χ1n) is 6.43. The minimum Gasteiger partial charge on any atom is -0.477 e. The standard InChI is InChI=1S/C10HF19O3/c11-2(1(30)31,8(22,23)24)32-10(28,29)7(20,21)5(16,17)3(12,13)4(14,15)6(18,19)9(25,26)27/h(H,30,31). The van der Waals surface area contributed by atoms with Crippen LogP contribution in [0.1, 0.15) is 0 Å². The summed E-state index contributed by atoms with van der Waals surface area (Å²) in [6.07, 6.45) is -23.5. The molecule has 0 saturated carbocycles. The van der Waals surface area contributed by atoms with Crippen molar-refractivity contribution < 1.29 is 98.1 Å². The molecular weight excluding hydrogens is 529 g/mol. The molecule has 0 radical (unpaired) electrons. The fraction of sp³-hybridized carbons (Fsp3) is 0.900. The van der Waals surface area contributed by atoms with Gasteiger partial charge in [-0.05, 0) is 0 Å². The van der Waals surface area contributed by atoms with Crippen molar-refractivity contribution in [2.75, 3.05) is 0 Å². The van der Waals surface area contributed by atoms with Crippen LogP contribution in [0.4, 0.5) is 83.4 Å². The first kappa shape index (κ1) is 30.1. The zero-order chi connectivity index (χ0) is 26.8. The molecule has 0 amide bonds. The largest absolute Gasteiger partial charge is 0.477 e. The highest BCUT2D eigenvalue weighted by atomic mass is 19.4. The third kappa shape index (κ3) is 3.86. The lowest BCUT2D eigenvalue weighted by molar-refractivity contribution is -0.495. The summed E-state index contributed by atoms with van der Waals surface area (Å²) in [6.45, 7) is 0. The third-order valence-electron chi connectivity index (χ3n) is 3.21. The normalized spacial score (nSPS) is 17.8. The summed E-state index contributed by atoms with van der Waals surface area (Å²) in [4.78, 5) is 10.0. The number of rotatable bonds is 8. The van der Waals surface area contributed by atoms with Gasteiger partial charge in [0.2, 0.25) is 0 Å². The molecule has 1 N–H and O–H groups in total. The minimum absolute atomic E-state index is 1.32. The molecule has 3 nitrogen and oxygen atoms in total. The van der Waals surface area contributed by atoms with Crippen molar-refractivity contribution in [1.29, 1.82) is 0 Å². The van der Waals surface area contributed by atoms with Crippen molar-refractivity contribution in [2.45, 2.75) is 53.9 Å². The molecule has 1 atom stereocenters. The SMILES string of the molecule is O=C(O)C(F)(OC(F)(F)C(F)(F)C(F)(F)C(F)(F)C(F)(F)C(F)(F)C(F)(F)F)C(F)(F)F. The Hall–Kier alpha value is -1.90. The lowest BCUT2D eigenvalue weighted by atomic mass is 9.93. The molecule has 0 heterocycles. The summed E-state index contributed by atoms with van der Waals surface area (Å²) < 4.78 is 242. The summed E-state index contributed by atoms with van der Waals surface area (Å²) in [5, 5.41) is 7.81. The second kappa shape index (κ2) is 7.30. The highest BCUT2D eigenvalue weighted by Gasteiger charge is 2.94. The fourth-order valence-electron chi connectivity index (χ4n) is 1.42. The second-order valence-corrected chi connectivity index (χ2v) is 5.39. The van der Waals surface area contributed by atoms with Crippen LogP contribution in [0.2, 0.25) is 0 Å². The van der Waals surface area contributed by atoms with Gasteiger partial charge in [0.05, 0.1) is 0 Å².